The zero-order valence-corrected chi connectivity index (χ0v) is 13.4. The molecule has 2 unspecified atom stereocenters. The minimum absolute atomic E-state index is 0. The maximum Gasteiger partial charge on any atom is 4.00 e. The number of rotatable bonds is 0. The molecule has 72 valence electrons. The van der Waals surface area contributed by atoms with Gasteiger partial charge in [0.25, 0.3) is 0 Å². The molecule has 0 radical (unpaired) electrons. The number of hydrogen-bond donors (Lipinski definition) is 0. The quantitative estimate of drug-likeness (QED) is 0.277. The molecule has 0 aromatic heterocycles. The Bertz CT molecular complexity index is 150. The van der Waals surface area contributed by atoms with E-state index < -0.39 is 0 Å². The van der Waals surface area contributed by atoms with Crippen LogP contribution in [0.2, 0.25) is 0 Å². The van der Waals surface area contributed by atoms with E-state index in [1.807, 2.05) is 0 Å². The molecule has 0 N–H and O–H groups in total. The molecule has 0 spiro atoms. The van der Waals surface area contributed by atoms with E-state index in [2.05, 4.69) is 30.7 Å². The largest absolute Gasteiger partial charge is 4.00 e. The van der Waals surface area contributed by atoms with Crippen LogP contribution < -0.4 is 50.9 Å². The van der Waals surface area contributed by atoms with Crippen LogP contribution in [0.25, 0.3) is 0 Å². The molecule has 0 bridgehead atoms. The van der Waals surface area contributed by atoms with Gasteiger partial charge in [-0.1, -0.05) is 24.6 Å². The third-order valence-electron chi connectivity index (χ3n) is 2.24. The first-order valence-corrected chi connectivity index (χ1v) is 3.65. The van der Waals surface area contributed by atoms with E-state index >= 15 is 0 Å². The van der Waals surface area contributed by atoms with Crippen LogP contribution in [0, 0.1) is 18.3 Å². The first kappa shape index (κ1) is 20.1. The molecule has 0 nitrogen and oxygen atoms in total. The second kappa shape index (κ2) is 10.2. The predicted octanol–water partition coefficient (Wildman–Crippen LogP) is -6.65. The van der Waals surface area contributed by atoms with Crippen molar-refractivity contribution in [3.05, 3.63) is 30.7 Å². The summed E-state index contributed by atoms with van der Waals surface area (Å²) in [5, 5.41) is 0. The van der Waals surface area contributed by atoms with Crippen molar-refractivity contribution in [3.63, 3.8) is 0 Å². The third-order valence-corrected chi connectivity index (χ3v) is 2.24. The van der Waals surface area contributed by atoms with Crippen molar-refractivity contribution in [2.24, 2.45) is 11.8 Å². The summed E-state index contributed by atoms with van der Waals surface area (Å²) in [5.74, 6) is 1.62. The molecule has 1 fully saturated rings. The van der Waals surface area contributed by atoms with Gasteiger partial charge in [-0.15, -0.1) is 12.0 Å². The second-order valence-corrected chi connectivity index (χ2v) is 2.82. The Labute approximate surface area is 127 Å². The van der Waals surface area contributed by atoms with Crippen molar-refractivity contribution in [2.45, 2.75) is 12.8 Å². The smallest absolute Gasteiger partial charge is 1.00 e. The molecule has 1 saturated carbocycles. The normalized spacial score (nSPS) is 27.1. The number of halogens is 3. The first-order chi connectivity index (χ1) is 4.47. The Hall–Kier alpha value is 1.63. The van der Waals surface area contributed by atoms with E-state index in [4.69, 9.17) is 0 Å². The Kier molecular flexibility index (Phi) is 15.7. The fourth-order valence-electron chi connectivity index (χ4n) is 1.69. The zero-order valence-electron chi connectivity index (χ0n) is 7.09. The van der Waals surface area contributed by atoms with Crippen LogP contribution in [0.1, 0.15) is 12.8 Å². The van der Waals surface area contributed by atoms with Gasteiger partial charge in [-0.25, -0.2) is 0 Å². The van der Waals surface area contributed by atoms with E-state index in [0.29, 0.717) is 0 Å². The summed E-state index contributed by atoms with van der Waals surface area (Å²) < 4.78 is 0. The van der Waals surface area contributed by atoms with Gasteiger partial charge < -0.3 is 57.4 Å². The Morgan fingerprint density at radius 3 is 2.23 bits per heavy atom. The third kappa shape index (κ3) is 5.31. The number of allylic oxidation sites excluding steroid dienone is 4. The van der Waals surface area contributed by atoms with Gasteiger partial charge in [0.05, 0.1) is 0 Å². The van der Waals surface area contributed by atoms with Gasteiger partial charge >= 0.3 is 21.7 Å². The van der Waals surface area contributed by atoms with Crippen molar-refractivity contribution in [1.82, 2.24) is 0 Å². The van der Waals surface area contributed by atoms with Crippen LogP contribution in [-0.4, -0.2) is 0 Å². The Balaban J connectivity index is -0.000000250. The van der Waals surface area contributed by atoms with Crippen molar-refractivity contribution < 1.29 is 72.7 Å². The molecule has 0 aliphatic heterocycles. The standard InChI is InChI=1S/C9H11.3BrH.Ti/c1-2-5-9-7-3-6-8(9)4-1;;;;/h1-2,4-6,8-9H,3,7H2;3*1H;/q-1;;;;+4/p-3. The van der Waals surface area contributed by atoms with Crippen LogP contribution >= 0.6 is 0 Å². The van der Waals surface area contributed by atoms with Gasteiger partial charge in [0, 0.05) is 0 Å². The van der Waals surface area contributed by atoms with Gasteiger partial charge in [-0.2, -0.15) is 6.42 Å². The average molecular weight is 407 g/mol. The molecule has 2 aliphatic rings. The maximum absolute atomic E-state index is 2.42. The molecule has 0 heterocycles. The molecule has 13 heavy (non-hydrogen) atoms. The molecule has 2 atom stereocenters. The molecular weight excluding hydrogens is 396 g/mol. The summed E-state index contributed by atoms with van der Waals surface area (Å²) in [7, 11) is 0. The van der Waals surface area contributed by atoms with E-state index in [0.717, 1.165) is 11.8 Å². The monoisotopic (exact) mass is 404 g/mol. The van der Waals surface area contributed by atoms with Crippen LogP contribution in [0.5, 0.6) is 0 Å². The molecule has 0 amide bonds. The van der Waals surface area contributed by atoms with Crippen molar-refractivity contribution in [3.8, 4) is 0 Å². The molecular formula is C9H11Br3Ti. The van der Waals surface area contributed by atoms with Crippen molar-refractivity contribution in [2.75, 3.05) is 0 Å². The average Bonchev–Trinajstić information content (AvgIpc) is 2.33. The SMILES string of the molecule is C1=CC2[CH-]CCC2C=C1.[Br-].[Br-].[Br-].[Ti+4]. The van der Waals surface area contributed by atoms with Crippen LogP contribution in [-0.2, 0) is 21.7 Å². The molecule has 4 heteroatoms. The van der Waals surface area contributed by atoms with E-state index in [-0.39, 0.29) is 72.7 Å². The van der Waals surface area contributed by atoms with Gasteiger partial charge in [-0.3, -0.25) is 0 Å². The summed E-state index contributed by atoms with van der Waals surface area (Å²) in [6.07, 6.45) is 14.1. The van der Waals surface area contributed by atoms with Gasteiger partial charge in [-0.05, 0) is 5.92 Å². The summed E-state index contributed by atoms with van der Waals surface area (Å²) >= 11 is 0. The van der Waals surface area contributed by atoms with Crippen LogP contribution in [0.4, 0.5) is 0 Å². The van der Waals surface area contributed by atoms with E-state index in [1.54, 1.807) is 0 Å². The zero-order chi connectivity index (χ0) is 6.10. The van der Waals surface area contributed by atoms with Crippen molar-refractivity contribution in [1.29, 1.82) is 0 Å². The molecule has 0 saturated heterocycles. The Morgan fingerprint density at radius 2 is 1.62 bits per heavy atom. The fraction of sp³-hybridized carbons (Fsp3) is 0.444. The van der Waals surface area contributed by atoms with Crippen LogP contribution in [0.15, 0.2) is 24.3 Å². The minimum Gasteiger partial charge on any atom is -1.00 e. The molecule has 2 rings (SSSR count). The summed E-state index contributed by atoms with van der Waals surface area (Å²) in [6, 6.07) is 0. The number of hydrogen-bond acceptors (Lipinski definition) is 0. The number of fused-ring (bicyclic) bond motifs is 1. The second-order valence-electron chi connectivity index (χ2n) is 2.82. The maximum atomic E-state index is 2.42. The summed E-state index contributed by atoms with van der Waals surface area (Å²) in [6.45, 7) is 0. The Morgan fingerprint density at radius 1 is 1.00 bits per heavy atom. The van der Waals surface area contributed by atoms with Gasteiger partial charge in [0.2, 0.25) is 0 Å². The van der Waals surface area contributed by atoms with E-state index in [1.165, 1.54) is 12.8 Å². The van der Waals surface area contributed by atoms with Crippen LogP contribution in [0.3, 0.4) is 0 Å². The first-order valence-electron chi connectivity index (χ1n) is 3.65. The fourth-order valence-corrected chi connectivity index (χ4v) is 1.69. The summed E-state index contributed by atoms with van der Waals surface area (Å²) in [4.78, 5) is 0. The minimum atomic E-state index is 0. The van der Waals surface area contributed by atoms with E-state index in [9.17, 15) is 0 Å². The van der Waals surface area contributed by atoms with Gasteiger partial charge in [0.15, 0.2) is 0 Å². The molecule has 2 aliphatic carbocycles. The summed E-state index contributed by atoms with van der Waals surface area (Å²) in [5.41, 5.74) is 0. The molecule has 0 aromatic carbocycles. The topological polar surface area (TPSA) is 0 Å². The predicted molar refractivity (Wildman–Crippen MR) is 38.8 cm³/mol. The van der Waals surface area contributed by atoms with Crippen molar-refractivity contribution >= 4 is 0 Å². The molecule has 0 aromatic rings. The van der Waals surface area contributed by atoms with Gasteiger partial charge in [0.1, 0.15) is 0 Å².